The van der Waals surface area contributed by atoms with Crippen LogP contribution in [0.1, 0.15) is 51.2 Å². The smallest absolute Gasteiger partial charge is 0.254 e. The number of piperidine rings is 1. The zero-order valence-electron chi connectivity index (χ0n) is 20.6. The third kappa shape index (κ3) is 5.24. The number of nitrogens with one attached hydrogen (secondary N) is 1. The molecule has 1 saturated heterocycles. The van der Waals surface area contributed by atoms with Crippen LogP contribution in [0.5, 0.6) is 0 Å². The maximum absolute atomic E-state index is 13.9. The van der Waals surface area contributed by atoms with E-state index in [1.54, 1.807) is 18.4 Å². The second kappa shape index (κ2) is 11.4. The van der Waals surface area contributed by atoms with Gasteiger partial charge in [-0.05, 0) is 41.5 Å². The zero-order chi connectivity index (χ0) is 24.9. The van der Waals surface area contributed by atoms with Gasteiger partial charge in [-0.1, -0.05) is 54.6 Å². The molecule has 5 rings (SSSR count). The first-order chi connectivity index (χ1) is 17.7. The Labute approximate surface area is 216 Å². The molecule has 2 aromatic carbocycles. The number of carbonyl (C=O) groups excluding carboxylic acids is 2. The van der Waals surface area contributed by atoms with Crippen molar-refractivity contribution in [2.75, 3.05) is 33.4 Å². The number of rotatable bonds is 8. The van der Waals surface area contributed by atoms with Crippen molar-refractivity contribution >= 4 is 23.2 Å². The van der Waals surface area contributed by atoms with E-state index in [2.05, 4.69) is 34.5 Å². The molecule has 3 aromatic rings. The van der Waals surface area contributed by atoms with Crippen LogP contribution in [0.4, 0.5) is 0 Å². The Balaban J connectivity index is 1.35. The number of amides is 2. The lowest BCUT2D eigenvalue weighted by molar-refractivity contribution is -0.125. The molecule has 0 spiro atoms. The van der Waals surface area contributed by atoms with Crippen LogP contribution in [-0.2, 0) is 16.1 Å². The molecule has 2 aliphatic rings. The predicted octanol–water partition coefficient (Wildman–Crippen LogP) is 4.46. The lowest BCUT2D eigenvalue weighted by Gasteiger charge is -2.42. The summed E-state index contributed by atoms with van der Waals surface area (Å²) >= 11 is 1.59. The fraction of sp³-hybridized carbons (Fsp3) is 0.379. The Hall–Kier alpha value is -3.00. The normalized spacial score (nSPS) is 20.8. The Morgan fingerprint density at radius 1 is 1.03 bits per heavy atom. The highest BCUT2D eigenvalue weighted by Gasteiger charge is 2.44. The van der Waals surface area contributed by atoms with Crippen LogP contribution < -0.4 is 5.32 Å². The monoisotopic (exact) mass is 503 g/mol. The molecule has 2 amide bonds. The number of likely N-dealkylation sites (tertiary alicyclic amines) is 1. The number of nitrogens with zero attached hydrogens (tertiary/aromatic N) is 2. The fourth-order valence-corrected chi connectivity index (χ4v) is 6.33. The molecule has 36 heavy (non-hydrogen) atoms. The number of fused-ring (bicyclic) bond motifs is 1. The Bertz CT molecular complexity index is 1160. The summed E-state index contributed by atoms with van der Waals surface area (Å²) in [4.78, 5) is 32.8. The van der Waals surface area contributed by atoms with E-state index >= 15 is 0 Å². The number of hydrogen-bond acceptors (Lipinski definition) is 5. The van der Waals surface area contributed by atoms with Crippen molar-refractivity contribution in [1.82, 2.24) is 15.1 Å². The van der Waals surface area contributed by atoms with Gasteiger partial charge in [0.2, 0.25) is 5.91 Å². The number of benzene rings is 2. The number of ether oxygens (including phenoxy) is 1. The van der Waals surface area contributed by atoms with Gasteiger partial charge in [0.15, 0.2) is 0 Å². The molecule has 1 fully saturated rings. The molecule has 188 valence electrons. The van der Waals surface area contributed by atoms with Crippen molar-refractivity contribution in [2.24, 2.45) is 0 Å². The van der Waals surface area contributed by atoms with Crippen LogP contribution in [0.25, 0.3) is 0 Å². The van der Waals surface area contributed by atoms with Gasteiger partial charge in [0.05, 0.1) is 18.6 Å². The van der Waals surface area contributed by atoms with Crippen LogP contribution in [0, 0.1) is 0 Å². The summed E-state index contributed by atoms with van der Waals surface area (Å²) in [6, 6.07) is 21.9. The van der Waals surface area contributed by atoms with Crippen molar-refractivity contribution in [1.29, 1.82) is 0 Å². The standard InChI is InChI=1S/C29H33N3O3S/c1-35-18-17-32-27(25-12-7-19-36-25)26(23-10-5-6-11-24(23)29(32)34)28(33)30-22-13-15-31(16-14-22)20-21-8-3-2-4-9-21/h2-12,19,22,26-27H,13-18,20H2,1H3,(H,30,33)/t26-,27+/m0/s1. The van der Waals surface area contributed by atoms with Crippen LogP contribution in [-0.4, -0.2) is 61.0 Å². The molecule has 0 aliphatic carbocycles. The molecule has 0 unspecified atom stereocenters. The van der Waals surface area contributed by atoms with Gasteiger partial charge in [0.1, 0.15) is 0 Å². The number of thiophene rings is 1. The molecule has 2 atom stereocenters. The van der Waals surface area contributed by atoms with E-state index in [1.165, 1.54) is 5.56 Å². The van der Waals surface area contributed by atoms with Gasteiger partial charge in [0, 0.05) is 49.8 Å². The lowest BCUT2D eigenvalue weighted by atomic mass is 9.81. The topological polar surface area (TPSA) is 61.9 Å². The first-order valence-electron chi connectivity index (χ1n) is 12.6. The summed E-state index contributed by atoms with van der Waals surface area (Å²) < 4.78 is 5.32. The summed E-state index contributed by atoms with van der Waals surface area (Å²) in [5.41, 5.74) is 2.74. The average Bonchev–Trinajstić information content (AvgIpc) is 3.44. The Morgan fingerprint density at radius 2 is 1.78 bits per heavy atom. The lowest BCUT2D eigenvalue weighted by Crippen LogP contribution is -2.51. The third-order valence-electron chi connectivity index (χ3n) is 7.28. The van der Waals surface area contributed by atoms with Crippen molar-refractivity contribution in [3.05, 3.63) is 93.7 Å². The SMILES string of the molecule is COCCN1C(=O)c2ccccc2[C@H](C(=O)NC2CCN(Cc3ccccc3)CC2)[C@H]1c1cccs1. The number of hydrogen-bond donors (Lipinski definition) is 1. The van der Waals surface area contributed by atoms with Crippen molar-refractivity contribution in [3.8, 4) is 0 Å². The Morgan fingerprint density at radius 3 is 2.50 bits per heavy atom. The molecule has 7 heteroatoms. The molecule has 6 nitrogen and oxygen atoms in total. The van der Waals surface area contributed by atoms with Gasteiger partial charge in [-0.3, -0.25) is 14.5 Å². The van der Waals surface area contributed by atoms with Crippen LogP contribution in [0.3, 0.4) is 0 Å². The zero-order valence-corrected chi connectivity index (χ0v) is 21.5. The second-order valence-electron chi connectivity index (χ2n) is 9.56. The minimum atomic E-state index is -0.461. The maximum Gasteiger partial charge on any atom is 0.254 e. The molecule has 3 heterocycles. The van der Waals surface area contributed by atoms with Crippen molar-refractivity contribution < 1.29 is 14.3 Å². The van der Waals surface area contributed by atoms with Crippen molar-refractivity contribution in [3.63, 3.8) is 0 Å². The van der Waals surface area contributed by atoms with Crippen LogP contribution in [0.2, 0.25) is 0 Å². The molecule has 0 bridgehead atoms. The van der Waals surface area contributed by atoms with E-state index in [1.807, 2.05) is 52.7 Å². The highest BCUT2D eigenvalue weighted by Crippen LogP contribution is 2.44. The summed E-state index contributed by atoms with van der Waals surface area (Å²) in [6.45, 7) is 3.70. The van der Waals surface area contributed by atoms with Crippen LogP contribution in [0.15, 0.2) is 72.1 Å². The van der Waals surface area contributed by atoms with E-state index in [9.17, 15) is 9.59 Å². The van der Waals surface area contributed by atoms with E-state index in [4.69, 9.17) is 4.74 Å². The highest BCUT2D eigenvalue weighted by atomic mass is 32.1. The minimum Gasteiger partial charge on any atom is -0.383 e. The van der Waals surface area contributed by atoms with Crippen LogP contribution >= 0.6 is 11.3 Å². The first-order valence-corrected chi connectivity index (χ1v) is 13.5. The number of methoxy groups -OCH3 is 1. The van der Waals surface area contributed by atoms with Gasteiger partial charge >= 0.3 is 0 Å². The van der Waals surface area contributed by atoms with Gasteiger partial charge < -0.3 is 15.0 Å². The molecule has 2 aliphatic heterocycles. The highest BCUT2D eigenvalue weighted by molar-refractivity contribution is 7.10. The molecular formula is C29H33N3O3S. The van der Waals surface area contributed by atoms with E-state index in [0.717, 1.165) is 42.9 Å². The van der Waals surface area contributed by atoms with Gasteiger partial charge in [-0.15, -0.1) is 11.3 Å². The van der Waals surface area contributed by atoms with Gasteiger partial charge in [-0.25, -0.2) is 0 Å². The number of carbonyl (C=O) groups is 2. The molecular weight excluding hydrogens is 470 g/mol. The van der Waals surface area contributed by atoms with Gasteiger partial charge in [-0.2, -0.15) is 0 Å². The maximum atomic E-state index is 13.9. The molecule has 1 aromatic heterocycles. The minimum absolute atomic E-state index is 0.00252. The molecule has 0 radical (unpaired) electrons. The largest absolute Gasteiger partial charge is 0.383 e. The van der Waals surface area contributed by atoms with E-state index in [-0.39, 0.29) is 23.9 Å². The average molecular weight is 504 g/mol. The van der Waals surface area contributed by atoms with E-state index in [0.29, 0.717) is 18.7 Å². The van der Waals surface area contributed by atoms with Gasteiger partial charge in [0.25, 0.3) is 5.91 Å². The quantitative estimate of drug-likeness (QED) is 0.493. The first kappa shape index (κ1) is 24.7. The summed E-state index contributed by atoms with van der Waals surface area (Å²) in [7, 11) is 1.64. The summed E-state index contributed by atoms with van der Waals surface area (Å²) in [5.74, 6) is -0.506. The second-order valence-corrected chi connectivity index (χ2v) is 10.5. The molecule has 1 N–H and O–H groups in total. The predicted molar refractivity (Wildman–Crippen MR) is 142 cm³/mol. The summed E-state index contributed by atoms with van der Waals surface area (Å²) in [6.07, 6.45) is 1.84. The van der Waals surface area contributed by atoms with E-state index < -0.39 is 5.92 Å². The summed E-state index contributed by atoms with van der Waals surface area (Å²) in [5, 5.41) is 5.37. The Kier molecular flexibility index (Phi) is 7.80. The fourth-order valence-electron chi connectivity index (χ4n) is 5.45. The molecule has 0 saturated carbocycles. The third-order valence-corrected chi connectivity index (χ3v) is 8.22. The van der Waals surface area contributed by atoms with Crippen molar-refractivity contribution in [2.45, 2.75) is 37.4 Å².